The van der Waals surface area contributed by atoms with Crippen LogP contribution in [0.15, 0.2) is 0 Å². The van der Waals surface area contributed by atoms with Gasteiger partial charge >= 0.3 is 5.97 Å². The largest absolute Gasteiger partial charge is 0.469 e. The van der Waals surface area contributed by atoms with E-state index in [1.54, 1.807) is 0 Å². The highest BCUT2D eigenvalue weighted by Gasteiger charge is 2.27. The highest BCUT2D eigenvalue weighted by atomic mass is 16.5. The summed E-state index contributed by atoms with van der Waals surface area (Å²) in [5.74, 6) is 0.825. The average Bonchev–Trinajstić information content (AvgIpc) is 2.80. The molecule has 0 heterocycles. The van der Waals surface area contributed by atoms with Gasteiger partial charge in [-0.05, 0) is 39.2 Å². The van der Waals surface area contributed by atoms with E-state index in [0.29, 0.717) is 6.54 Å². The average molecular weight is 241 g/mol. The van der Waals surface area contributed by atoms with Gasteiger partial charge in [-0.1, -0.05) is 25.7 Å². The lowest BCUT2D eigenvalue weighted by Crippen LogP contribution is -2.37. The quantitative estimate of drug-likeness (QED) is 0.550. The van der Waals surface area contributed by atoms with Crippen LogP contribution in [0, 0.1) is 11.3 Å². The molecule has 0 amide bonds. The maximum Gasteiger partial charge on any atom is 0.312 e. The number of hydrogen-bond acceptors (Lipinski definition) is 3. The second kappa shape index (κ2) is 7.00. The lowest BCUT2D eigenvalue weighted by Gasteiger charge is -2.22. The van der Waals surface area contributed by atoms with Crippen LogP contribution in [0.4, 0.5) is 0 Å². The van der Waals surface area contributed by atoms with Gasteiger partial charge in [-0.25, -0.2) is 0 Å². The summed E-state index contributed by atoms with van der Waals surface area (Å²) in [6, 6.07) is 0. The maximum atomic E-state index is 11.4. The molecule has 1 aliphatic rings. The molecule has 0 aromatic carbocycles. The van der Waals surface area contributed by atoms with Gasteiger partial charge in [-0.3, -0.25) is 4.79 Å². The molecule has 0 aliphatic heterocycles. The van der Waals surface area contributed by atoms with Crippen molar-refractivity contribution in [1.29, 1.82) is 0 Å². The van der Waals surface area contributed by atoms with Crippen molar-refractivity contribution in [2.45, 2.75) is 52.4 Å². The Morgan fingerprint density at radius 1 is 1.35 bits per heavy atom. The van der Waals surface area contributed by atoms with Crippen LogP contribution in [0.5, 0.6) is 0 Å². The van der Waals surface area contributed by atoms with Gasteiger partial charge in [0.2, 0.25) is 0 Å². The Morgan fingerprint density at radius 2 is 2.00 bits per heavy atom. The molecular formula is C14H27NO2. The fraction of sp³-hybridized carbons (Fsp3) is 0.929. The van der Waals surface area contributed by atoms with Gasteiger partial charge in [-0.15, -0.1) is 0 Å². The Morgan fingerprint density at radius 3 is 2.59 bits per heavy atom. The van der Waals surface area contributed by atoms with Gasteiger partial charge in [0.15, 0.2) is 0 Å². The molecule has 0 aromatic heterocycles. The highest BCUT2D eigenvalue weighted by molar-refractivity contribution is 5.76. The molecule has 1 saturated carbocycles. The molecule has 3 nitrogen and oxygen atoms in total. The first kappa shape index (κ1) is 14.5. The molecule has 0 bridgehead atoms. The first-order valence-electron chi connectivity index (χ1n) is 6.85. The van der Waals surface area contributed by atoms with Crippen LogP contribution in [0.25, 0.3) is 0 Å². The molecule has 1 aliphatic carbocycles. The topological polar surface area (TPSA) is 38.3 Å². The zero-order valence-corrected chi connectivity index (χ0v) is 11.6. The van der Waals surface area contributed by atoms with Gasteiger partial charge in [0.1, 0.15) is 0 Å². The van der Waals surface area contributed by atoms with Crippen LogP contribution in [0.2, 0.25) is 0 Å². The van der Waals surface area contributed by atoms with Crippen LogP contribution in [0.3, 0.4) is 0 Å². The van der Waals surface area contributed by atoms with Crippen molar-refractivity contribution in [1.82, 2.24) is 5.32 Å². The molecule has 0 saturated heterocycles. The summed E-state index contributed by atoms with van der Waals surface area (Å²) in [6.45, 7) is 5.55. The first-order chi connectivity index (χ1) is 8.06. The summed E-state index contributed by atoms with van der Waals surface area (Å²) >= 11 is 0. The molecule has 0 atom stereocenters. The van der Waals surface area contributed by atoms with Gasteiger partial charge in [-0.2, -0.15) is 0 Å². The fourth-order valence-corrected chi connectivity index (χ4v) is 2.56. The van der Waals surface area contributed by atoms with Crippen molar-refractivity contribution in [2.24, 2.45) is 11.3 Å². The van der Waals surface area contributed by atoms with Gasteiger partial charge < -0.3 is 10.1 Å². The molecule has 1 fully saturated rings. The van der Waals surface area contributed by atoms with Crippen molar-refractivity contribution in [3.05, 3.63) is 0 Å². The SMILES string of the molecule is COC(=O)C(C)(C)CNCCCC1CCCC1. The van der Waals surface area contributed by atoms with Crippen molar-refractivity contribution < 1.29 is 9.53 Å². The third kappa shape index (κ3) is 5.07. The summed E-state index contributed by atoms with van der Waals surface area (Å²) < 4.78 is 4.77. The molecular weight excluding hydrogens is 214 g/mol. The molecule has 1 rings (SSSR count). The Kier molecular flexibility index (Phi) is 5.96. The zero-order valence-electron chi connectivity index (χ0n) is 11.6. The summed E-state index contributed by atoms with van der Waals surface area (Å²) in [4.78, 5) is 11.4. The van der Waals surface area contributed by atoms with Gasteiger partial charge in [0.25, 0.3) is 0 Å². The fourth-order valence-electron chi connectivity index (χ4n) is 2.56. The number of rotatable bonds is 7. The summed E-state index contributed by atoms with van der Waals surface area (Å²) in [5.41, 5.74) is -0.415. The second-order valence-corrected chi connectivity index (χ2v) is 5.84. The van der Waals surface area contributed by atoms with Crippen molar-refractivity contribution in [2.75, 3.05) is 20.2 Å². The van der Waals surface area contributed by atoms with Crippen LogP contribution >= 0.6 is 0 Å². The maximum absolute atomic E-state index is 11.4. The lowest BCUT2D eigenvalue weighted by atomic mass is 9.93. The monoisotopic (exact) mass is 241 g/mol. The molecule has 3 heteroatoms. The Hall–Kier alpha value is -0.570. The number of esters is 1. The molecule has 100 valence electrons. The van der Waals surface area contributed by atoms with E-state index >= 15 is 0 Å². The van der Waals surface area contributed by atoms with Crippen LogP contribution in [-0.2, 0) is 9.53 Å². The molecule has 17 heavy (non-hydrogen) atoms. The predicted molar refractivity (Wildman–Crippen MR) is 69.9 cm³/mol. The molecule has 0 unspecified atom stereocenters. The summed E-state index contributed by atoms with van der Waals surface area (Å²) in [5, 5.41) is 3.36. The number of nitrogens with one attached hydrogen (secondary N) is 1. The van der Waals surface area contributed by atoms with Crippen LogP contribution < -0.4 is 5.32 Å². The smallest absolute Gasteiger partial charge is 0.312 e. The van der Waals surface area contributed by atoms with Crippen molar-refractivity contribution in [3.63, 3.8) is 0 Å². The summed E-state index contributed by atoms with van der Waals surface area (Å²) in [6.07, 6.45) is 8.26. The third-order valence-corrected chi connectivity index (χ3v) is 3.75. The number of hydrogen-bond donors (Lipinski definition) is 1. The molecule has 1 N–H and O–H groups in total. The minimum absolute atomic E-state index is 0.138. The zero-order chi connectivity index (χ0) is 12.7. The lowest BCUT2D eigenvalue weighted by molar-refractivity contribution is -0.150. The van der Waals surface area contributed by atoms with E-state index in [0.717, 1.165) is 12.5 Å². The molecule has 0 spiro atoms. The number of ether oxygens (including phenoxy) is 1. The minimum Gasteiger partial charge on any atom is -0.469 e. The van der Waals surface area contributed by atoms with E-state index in [9.17, 15) is 4.79 Å². The predicted octanol–water partition coefficient (Wildman–Crippen LogP) is 2.75. The summed E-state index contributed by atoms with van der Waals surface area (Å²) in [7, 11) is 1.45. The van der Waals surface area contributed by atoms with E-state index in [4.69, 9.17) is 4.74 Å². The van der Waals surface area contributed by atoms with Crippen LogP contribution in [0.1, 0.15) is 52.4 Å². The Balaban J connectivity index is 2.04. The van der Waals surface area contributed by atoms with Crippen molar-refractivity contribution in [3.8, 4) is 0 Å². The van der Waals surface area contributed by atoms with Gasteiger partial charge in [0, 0.05) is 6.54 Å². The first-order valence-corrected chi connectivity index (χ1v) is 6.85. The van der Waals surface area contributed by atoms with Crippen LogP contribution in [-0.4, -0.2) is 26.2 Å². The van der Waals surface area contributed by atoms with E-state index in [-0.39, 0.29) is 5.97 Å². The normalized spacial score (nSPS) is 17.4. The molecule has 0 aromatic rings. The standard InChI is InChI=1S/C14H27NO2/c1-14(2,13(16)17-3)11-15-10-6-9-12-7-4-5-8-12/h12,15H,4-11H2,1-3H3. The van der Waals surface area contributed by atoms with E-state index in [1.807, 2.05) is 13.8 Å². The van der Waals surface area contributed by atoms with E-state index < -0.39 is 5.41 Å². The Bertz CT molecular complexity index is 232. The van der Waals surface area contributed by atoms with E-state index in [2.05, 4.69) is 5.32 Å². The highest BCUT2D eigenvalue weighted by Crippen LogP contribution is 2.28. The second-order valence-electron chi connectivity index (χ2n) is 5.84. The van der Waals surface area contributed by atoms with Crippen molar-refractivity contribution >= 4 is 5.97 Å². The number of carbonyl (C=O) groups excluding carboxylic acids is 1. The third-order valence-electron chi connectivity index (χ3n) is 3.75. The van der Waals surface area contributed by atoms with E-state index in [1.165, 1.54) is 45.6 Å². The molecule has 0 radical (unpaired) electrons. The minimum atomic E-state index is -0.415. The Labute approximate surface area is 105 Å². The van der Waals surface area contributed by atoms with Gasteiger partial charge in [0.05, 0.1) is 12.5 Å². The number of methoxy groups -OCH3 is 1. The number of carbonyl (C=O) groups is 1.